The molecule has 0 atom stereocenters. The molecule has 0 aliphatic carbocycles. The quantitative estimate of drug-likeness (QED) is 0.733. The Kier molecular flexibility index (Phi) is 3.40. The predicted octanol–water partition coefficient (Wildman–Crippen LogP) is 0.489. The second-order valence-corrected chi connectivity index (χ2v) is 6.88. The average Bonchev–Trinajstić information content (AvgIpc) is 2.91. The highest BCUT2D eigenvalue weighted by atomic mass is 32.2. The number of hydrogen-bond donors (Lipinski definition) is 1. The molecule has 2 N–H and O–H groups in total. The van der Waals surface area contributed by atoms with Gasteiger partial charge in [-0.1, -0.05) is 12.1 Å². The van der Waals surface area contributed by atoms with E-state index >= 15 is 0 Å². The number of nitrogens with two attached hydrogens (primary N) is 1. The highest BCUT2D eigenvalue weighted by Gasteiger charge is 2.18. The van der Waals surface area contributed by atoms with Gasteiger partial charge < -0.3 is 10.5 Å². The first-order valence-corrected chi connectivity index (χ1v) is 8.44. The third kappa shape index (κ3) is 2.68. The Balaban J connectivity index is 2.19. The maximum absolute atomic E-state index is 11.6. The Morgan fingerprint density at radius 2 is 1.96 bits per heavy atom. The number of methoxy groups -OCH3 is 1. The molecule has 0 saturated carbocycles. The number of hydrogen-bond acceptors (Lipinski definition) is 8. The Morgan fingerprint density at radius 3 is 2.61 bits per heavy atom. The van der Waals surface area contributed by atoms with Crippen molar-refractivity contribution in [1.29, 1.82) is 0 Å². The second-order valence-electron chi connectivity index (χ2n) is 4.97. The number of ether oxygens (including phenoxy) is 1. The van der Waals surface area contributed by atoms with E-state index in [1.165, 1.54) is 4.52 Å². The van der Waals surface area contributed by atoms with Gasteiger partial charge in [0.1, 0.15) is 5.75 Å². The summed E-state index contributed by atoms with van der Waals surface area (Å²) in [5.74, 6) is 0.993. The first-order chi connectivity index (χ1) is 10.8. The van der Waals surface area contributed by atoms with E-state index in [9.17, 15) is 8.42 Å². The summed E-state index contributed by atoms with van der Waals surface area (Å²) in [4.78, 5) is 11.9. The minimum absolute atomic E-state index is 0.0625. The predicted molar refractivity (Wildman–Crippen MR) is 82.8 cm³/mol. The number of sulfone groups is 1. The normalized spacial score (nSPS) is 11.8. The Bertz CT molecular complexity index is 1010. The molecule has 0 spiro atoms. The highest BCUT2D eigenvalue weighted by molar-refractivity contribution is 7.90. The number of rotatable bonds is 3. The molecule has 0 aliphatic rings. The minimum Gasteiger partial charge on any atom is -0.496 e. The van der Waals surface area contributed by atoms with Crippen LogP contribution in [0.2, 0.25) is 0 Å². The number of nitrogen functional groups attached to an aromatic ring is 1. The number of nitrogens with zero attached hydrogens (tertiary/aromatic N) is 5. The number of anilines is 1. The molecule has 2 aromatic heterocycles. The van der Waals surface area contributed by atoms with Crippen molar-refractivity contribution < 1.29 is 13.2 Å². The van der Waals surface area contributed by atoms with Crippen molar-refractivity contribution in [1.82, 2.24) is 24.6 Å². The monoisotopic (exact) mass is 334 g/mol. The number of fused-ring (bicyclic) bond motifs is 1. The Morgan fingerprint density at radius 1 is 1.22 bits per heavy atom. The van der Waals surface area contributed by atoms with E-state index in [1.54, 1.807) is 13.2 Å². The molecule has 0 unspecified atom stereocenters. The zero-order chi connectivity index (χ0) is 16.8. The van der Waals surface area contributed by atoms with Crippen molar-refractivity contribution in [2.24, 2.45) is 0 Å². The molecule has 0 amide bonds. The summed E-state index contributed by atoms with van der Waals surface area (Å²) in [6.45, 7) is 1.92. The standard InChI is InChI=1S/C13H14N6O3S/c1-7-4-5-8(6-9(7)22-2)10-15-12-17-13(23(3,20)21)16-11(14)19(12)18-10/h4-6H,1-3H3,(H2,14,15,16,17,18). The summed E-state index contributed by atoms with van der Waals surface area (Å²) in [7, 11) is -2.02. The molecular formula is C13H14N6O3S. The molecule has 0 aliphatic heterocycles. The van der Waals surface area contributed by atoms with Gasteiger partial charge in [-0.2, -0.15) is 19.5 Å². The zero-order valence-electron chi connectivity index (χ0n) is 12.7. The van der Waals surface area contributed by atoms with Crippen LogP contribution in [0.25, 0.3) is 17.2 Å². The van der Waals surface area contributed by atoms with E-state index in [0.29, 0.717) is 17.1 Å². The lowest BCUT2D eigenvalue weighted by Crippen LogP contribution is -2.11. The van der Waals surface area contributed by atoms with Crippen molar-refractivity contribution in [3.05, 3.63) is 23.8 Å². The SMILES string of the molecule is COc1cc(-c2nc3nc(S(C)(=O)=O)nc(N)n3n2)ccc1C. The largest absolute Gasteiger partial charge is 0.496 e. The summed E-state index contributed by atoms with van der Waals surface area (Å²) >= 11 is 0. The molecule has 0 bridgehead atoms. The number of aryl methyl sites for hydroxylation is 1. The lowest BCUT2D eigenvalue weighted by atomic mass is 10.1. The van der Waals surface area contributed by atoms with Gasteiger partial charge in [0.2, 0.25) is 15.8 Å². The highest BCUT2D eigenvalue weighted by Crippen LogP contribution is 2.25. The number of aromatic nitrogens is 5. The van der Waals surface area contributed by atoms with Crippen LogP contribution >= 0.6 is 0 Å². The van der Waals surface area contributed by atoms with E-state index < -0.39 is 9.84 Å². The Labute approximate surface area is 132 Å². The van der Waals surface area contributed by atoms with Crippen LogP contribution in [0.4, 0.5) is 5.95 Å². The first-order valence-electron chi connectivity index (χ1n) is 6.55. The molecule has 10 heteroatoms. The molecule has 120 valence electrons. The van der Waals surface area contributed by atoms with Crippen LogP contribution in [0.15, 0.2) is 23.4 Å². The van der Waals surface area contributed by atoms with Crippen molar-refractivity contribution in [2.75, 3.05) is 19.1 Å². The summed E-state index contributed by atoms with van der Waals surface area (Å²) in [5.41, 5.74) is 7.41. The zero-order valence-corrected chi connectivity index (χ0v) is 13.5. The van der Waals surface area contributed by atoms with Crippen LogP contribution in [-0.4, -0.2) is 46.3 Å². The molecule has 0 radical (unpaired) electrons. The molecule has 2 heterocycles. The molecule has 23 heavy (non-hydrogen) atoms. The van der Waals surface area contributed by atoms with Gasteiger partial charge in [0.25, 0.3) is 10.9 Å². The van der Waals surface area contributed by atoms with Gasteiger partial charge >= 0.3 is 0 Å². The lowest BCUT2D eigenvalue weighted by Gasteiger charge is -2.05. The maximum atomic E-state index is 11.6. The molecule has 1 aromatic carbocycles. The molecule has 3 rings (SSSR count). The fourth-order valence-electron chi connectivity index (χ4n) is 2.03. The molecule has 9 nitrogen and oxygen atoms in total. The summed E-state index contributed by atoms with van der Waals surface area (Å²) in [5, 5.41) is 3.83. The Hall–Kier alpha value is -2.75. The van der Waals surface area contributed by atoms with Crippen LogP contribution in [0.1, 0.15) is 5.56 Å². The summed E-state index contributed by atoms with van der Waals surface area (Å²) in [6.07, 6.45) is 1.00. The average molecular weight is 334 g/mol. The smallest absolute Gasteiger partial charge is 0.258 e. The lowest BCUT2D eigenvalue weighted by molar-refractivity contribution is 0.412. The fourth-order valence-corrected chi connectivity index (χ4v) is 2.54. The van der Waals surface area contributed by atoms with E-state index in [2.05, 4.69) is 20.1 Å². The van der Waals surface area contributed by atoms with Crippen LogP contribution in [0, 0.1) is 6.92 Å². The van der Waals surface area contributed by atoms with Gasteiger partial charge in [-0.3, -0.25) is 0 Å². The van der Waals surface area contributed by atoms with Gasteiger partial charge in [-0.25, -0.2) is 8.42 Å². The van der Waals surface area contributed by atoms with E-state index in [1.807, 2.05) is 19.1 Å². The second kappa shape index (κ2) is 5.16. The van der Waals surface area contributed by atoms with Gasteiger partial charge in [0.15, 0.2) is 5.82 Å². The van der Waals surface area contributed by atoms with Crippen molar-refractivity contribution in [3.63, 3.8) is 0 Å². The van der Waals surface area contributed by atoms with Crippen LogP contribution in [0.3, 0.4) is 0 Å². The van der Waals surface area contributed by atoms with Gasteiger partial charge in [-0.15, -0.1) is 5.10 Å². The van der Waals surface area contributed by atoms with Gasteiger partial charge in [0, 0.05) is 11.8 Å². The van der Waals surface area contributed by atoms with Crippen LogP contribution in [0.5, 0.6) is 5.75 Å². The topological polar surface area (TPSA) is 125 Å². The van der Waals surface area contributed by atoms with Crippen molar-refractivity contribution in [2.45, 2.75) is 12.1 Å². The maximum Gasteiger partial charge on any atom is 0.258 e. The van der Waals surface area contributed by atoms with Crippen molar-refractivity contribution >= 4 is 21.6 Å². The third-order valence-corrected chi connectivity index (χ3v) is 4.06. The van der Waals surface area contributed by atoms with Crippen LogP contribution < -0.4 is 10.5 Å². The molecule has 0 saturated heterocycles. The molecule has 3 aromatic rings. The van der Waals surface area contributed by atoms with E-state index in [-0.39, 0.29) is 16.9 Å². The van der Waals surface area contributed by atoms with Gasteiger partial charge in [-0.05, 0) is 18.6 Å². The fraction of sp³-hybridized carbons (Fsp3) is 0.231. The first kappa shape index (κ1) is 15.2. The van der Waals surface area contributed by atoms with Crippen LogP contribution in [-0.2, 0) is 9.84 Å². The van der Waals surface area contributed by atoms with E-state index in [4.69, 9.17) is 10.5 Å². The van der Waals surface area contributed by atoms with Crippen molar-refractivity contribution in [3.8, 4) is 17.1 Å². The number of benzene rings is 1. The summed E-state index contributed by atoms with van der Waals surface area (Å²) in [6, 6.07) is 5.48. The molecule has 0 fully saturated rings. The molecular weight excluding hydrogens is 320 g/mol. The van der Waals surface area contributed by atoms with Gasteiger partial charge in [0.05, 0.1) is 7.11 Å². The summed E-state index contributed by atoms with van der Waals surface area (Å²) < 4.78 is 29.6. The third-order valence-electron chi connectivity index (χ3n) is 3.21. The minimum atomic E-state index is -3.59. The van der Waals surface area contributed by atoms with E-state index in [0.717, 1.165) is 11.8 Å².